The van der Waals surface area contributed by atoms with Crippen molar-refractivity contribution in [3.8, 4) is 0 Å². The van der Waals surface area contributed by atoms with Gasteiger partial charge in [-0.05, 0) is 38.8 Å². The van der Waals surface area contributed by atoms with Crippen molar-refractivity contribution in [2.45, 2.75) is 67.1 Å². The predicted molar refractivity (Wildman–Crippen MR) is 85.6 cm³/mol. The van der Waals surface area contributed by atoms with Crippen molar-refractivity contribution in [3.63, 3.8) is 0 Å². The average molecular weight is 289 g/mol. The molecular weight excluding hydrogens is 262 g/mol. The summed E-state index contributed by atoms with van der Waals surface area (Å²) in [6.45, 7) is 14.3. The Labute approximate surface area is 127 Å². The summed E-state index contributed by atoms with van der Waals surface area (Å²) in [4.78, 5) is 0. The zero-order valence-electron chi connectivity index (χ0n) is 14.1. The number of nitrogens with one attached hydrogen (secondary N) is 1. The topological polar surface area (TPSA) is 43.0 Å². The van der Waals surface area contributed by atoms with E-state index in [-0.39, 0.29) is 0 Å². The second-order valence-corrected chi connectivity index (χ2v) is 5.99. The summed E-state index contributed by atoms with van der Waals surface area (Å²) in [6, 6.07) is 2.61. The van der Waals surface area contributed by atoms with Gasteiger partial charge in [-0.2, -0.15) is 5.10 Å². The lowest BCUT2D eigenvalue weighted by Crippen LogP contribution is -2.21. The van der Waals surface area contributed by atoms with Crippen LogP contribution in [-0.4, -0.2) is 15.8 Å². The minimum atomic E-state index is 0.460. The summed E-state index contributed by atoms with van der Waals surface area (Å²) in [5.74, 6) is 1.98. The molecule has 0 saturated heterocycles. The maximum absolute atomic E-state index is 5.84. The fourth-order valence-electron chi connectivity index (χ4n) is 2.70. The molecule has 0 fully saturated rings. The van der Waals surface area contributed by atoms with Gasteiger partial charge in [0.05, 0.1) is 18.8 Å². The first kappa shape index (κ1) is 15.8. The molecule has 0 aliphatic carbocycles. The molecule has 4 nitrogen and oxygen atoms in total. The van der Waals surface area contributed by atoms with Gasteiger partial charge < -0.3 is 9.73 Å². The third-order valence-corrected chi connectivity index (χ3v) is 3.96. The van der Waals surface area contributed by atoms with E-state index in [9.17, 15) is 0 Å². The molecule has 0 saturated carbocycles. The molecule has 0 aromatic carbocycles. The van der Waals surface area contributed by atoms with E-state index in [1.807, 2.05) is 6.92 Å². The molecule has 21 heavy (non-hydrogen) atoms. The normalized spacial score (nSPS) is 11.6. The average Bonchev–Trinajstić information content (AvgIpc) is 2.89. The van der Waals surface area contributed by atoms with Gasteiger partial charge in [-0.1, -0.05) is 20.8 Å². The van der Waals surface area contributed by atoms with E-state index >= 15 is 0 Å². The van der Waals surface area contributed by atoms with Crippen LogP contribution in [-0.2, 0) is 19.5 Å². The molecule has 0 amide bonds. The van der Waals surface area contributed by atoms with Gasteiger partial charge in [0, 0.05) is 17.3 Å². The van der Waals surface area contributed by atoms with Crippen molar-refractivity contribution in [1.29, 1.82) is 0 Å². The first-order chi connectivity index (χ1) is 9.92. The number of rotatable bonds is 6. The van der Waals surface area contributed by atoms with E-state index in [0.29, 0.717) is 6.04 Å². The largest absolute Gasteiger partial charge is 0.465 e. The highest BCUT2D eigenvalue weighted by molar-refractivity contribution is 5.27. The first-order valence-corrected chi connectivity index (χ1v) is 7.76. The molecular formula is C17H27N3O. The summed E-state index contributed by atoms with van der Waals surface area (Å²) in [5.41, 5.74) is 4.97. The SMILES string of the molecule is CCc1c(C)nn(Cc2cc(CNC(C)C)oc2C)c1C. The molecule has 0 bridgehead atoms. The Morgan fingerprint density at radius 1 is 1.29 bits per heavy atom. The Morgan fingerprint density at radius 2 is 2.00 bits per heavy atom. The van der Waals surface area contributed by atoms with Crippen LogP contribution in [0.3, 0.4) is 0 Å². The molecule has 116 valence electrons. The maximum atomic E-state index is 5.84. The summed E-state index contributed by atoms with van der Waals surface area (Å²) in [7, 11) is 0. The fraction of sp³-hybridized carbons (Fsp3) is 0.588. The van der Waals surface area contributed by atoms with Crippen LogP contribution in [0.2, 0.25) is 0 Å². The highest BCUT2D eigenvalue weighted by Gasteiger charge is 2.13. The molecule has 0 unspecified atom stereocenters. The van der Waals surface area contributed by atoms with Gasteiger partial charge in [-0.25, -0.2) is 0 Å². The number of hydrogen-bond donors (Lipinski definition) is 1. The Bertz CT molecular complexity index is 608. The van der Waals surface area contributed by atoms with Crippen molar-refractivity contribution < 1.29 is 4.42 Å². The monoisotopic (exact) mass is 289 g/mol. The van der Waals surface area contributed by atoms with Gasteiger partial charge in [-0.3, -0.25) is 4.68 Å². The van der Waals surface area contributed by atoms with E-state index in [2.05, 4.69) is 55.8 Å². The molecule has 1 N–H and O–H groups in total. The van der Waals surface area contributed by atoms with Crippen molar-refractivity contribution in [3.05, 3.63) is 40.1 Å². The lowest BCUT2D eigenvalue weighted by atomic mass is 10.1. The molecule has 0 radical (unpaired) electrons. The zero-order chi connectivity index (χ0) is 15.6. The van der Waals surface area contributed by atoms with Crippen LogP contribution < -0.4 is 5.32 Å². The van der Waals surface area contributed by atoms with Crippen molar-refractivity contribution >= 4 is 0 Å². The molecule has 4 heteroatoms. The van der Waals surface area contributed by atoms with Crippen LogP contribution in [0.15, 0.2) is 10.5 Å². The highest BCUT2D eigenvalue weighted by atomic mass is 16.3. The van der Waals surface area contributed by atoms with Gasteiger partial charge in [0.2, 0.25) is 0 Å². The van der Waals surface area contributed by atoms with E-state index in [1.165, 1.54) is 16.8 Å². The Hall–Kier alpha value is -1.55. The Balaban J connectivity index is 2.16. The summed E-state index contributed by atoms with van der Waals surface area (Å²) in [6.07, 6.45) is 1.03. The van der Waals surface area contributed by atoms with Crippen LogP contribution in [0, 0.1) is 20.8 Å². The van der Waals surface area contributed by atoms with E-state index in [0.717, 1.165) is 36.7 Å². The molecule has 2 aromatic heterocycles. The van der Waals surface area contributed by atoms with Crippen LogP contribution in [0.25, 0.3) is 0 Å². The van der Waals surface area contributed by atoms with Crippen molar-refractivity contribution in [1.82, 2.24) is 15.1 Å². The smallest absolute Gasteiger partial charge is 0.118 e. The van der Waals surface area contributed by atoms with Gasteiger partial charge in [0.25, 0.3) is 0 Å². The fourth-order valence-corrected chi connectivity index (χ4v) is 2.70. The predicted octanol–water partition coefficient (Wildman–Crippen LogP) is 3.51. The molecule has 0 atom stereocenters. The minimum Gasteiger partial charge on any atom is -0.465 e. The number of aromatic nitrogens is 2. The summed E-state index contributed by atoms with van der Waals surface area (Å²) >= 11 is 0. The Morgan fingerprint density at radius 3 is 2.57 bits per heavy atom. The van der Waals surface area contributed by atoms with E-state index in [4.69, 9.17) is 4.42 Å². The number of furan rings is 1. The molecule has 2 aromatic rings. The molecule has 2 heterocycles. The standard InChI is InChI=1S/C17H27N3O/c1-7-17-12(4)19-20(13(17)5)10-15-8-16(21-14(15)6)9-18-11(2)3/h8,11,18H,7,9-10H2,1-6H3. The third-order valence-electron chi connectivity index (χ3n) is 3.96. The quantitative estimate of drug-likeness (QED) is 0.885. The third kappa shape index (κ3) is 3.56. The number of aryl methyl sites for hydroxylation is 2. The van der Waals surface area contributed by atoms with Gasteiger partial charge in [-0.15, -0.1) is 0 Å². The highest BCUT2D eigenvalue weighted by Crippen LogP contribution is 2.19. The maximum Gasteiger partial charge on any atom is 0.118 e. The van der Waals surface area contributed by atoms with Gasteiger partial charge >= 0.3 is 0 Å². The molecule has 0 spiro atoms. The van der Waals surface area contributed by atoms with Gasteiger partial charge in [0.1, 0.15) is 11.5 Å². The van der Waals surface area contributed by atoms with Crippen LogP contribution in [0.1, 0.15) is 54.8 Å². The second kappa shape index (κ2) is 6.48. The minimum absolute atomic E-state index is 0.460. The lowest BCUT2D eigenvalue weighted by molar-refractivity contribution is 0.445. The van der Waals surface area contributed by atoms with Crippen molar-refractivity contribution in [2.75, 3.05) is 0 Å². The Kier molecular flexibility index (Phi) is 4.88. The van der Waals surface area contributed by atoms with Crippen LogP contribution in [0.5, 0.6) is 0 Å². The van der Waals surface area contributed by atoms with E-state index < -0.39 is 0 Å². The summed E-state index contributed by atoms with van der Waals surface area (Å²) < 4.78 is 7.93. The van der Waals surface area contributed by atoms with Gasteiger partial charge in [0.15, 0.2) is 0 Å². The molecule has 0 aliphatic rings. The van der Waals surface area contributed by atoms with Crippen molar-refractivity contribution in [2.24, 2.45) is 0 Å². The van der Waals surface area contributed by atoms with Crippen LogP contribution >= 0.6 is 0 Å². The molecule has 2 rings (SSSR count). The first-order valence-electron chi connectivity index (χ1n) is 7.76. The molecule has 0 aliphatic heterocycles. The number of hydrogen-bond acceptors (Lipinski definition) is 3. The second-order valence-electron chi connectivity index (χ2n) is 5.99. The zero-order valence-corrected chi connectivity index (χ0v) is 14.1. The summed E-state index contributed by atoms with van der Waals surface area (Å²) in [5, 5.41) is 8.04. The van der Waals surface area contributed by atoms with E-state index in [1.54, 1.807) is 0 Å². The number of nitrogens with zero attached hydrogens (tertiary/aromatic N) is 2. The van der Waals surface area contributed by atoms with Crippen LogP contribution in [0.4, 0.5) is 0 Å². The lowest BCUT2D eigenvalue weighted by Gasteiger charge is -2.04.